The lowest BCUT2D eigenvalue weighted by atomic mass is 9.73. The topological polar surface area (TPSA) is 38.8 Å². The molecule has 2 rings (SSSR count). The van der Waals surface area contributed by atoms with Crippen molar-refractivity contribution in [2.75, 3.05) is 38.8 Å². The summed E-state index contributed by atoms with van der Waals surface area (Å²) in [6.45, 7) is 6.49. The van der Waals surface area contributed by atoms with E-state index >= 15 is 0 Å². The summed E-state index contributed by atoms with van der Waals surface area (Å²) >= 11 is 1.88. The molecule has 1 aromatic rings. The monoisotopic (exact) mass is 365 g/mol. The molecule has 1 aliphatic heterocycles. The fourth-order valence-electron chi connectivity index (χ4n) is 3.65. The third-order valence-electron chi connectivity index (χ3n) is 5.17. The molecule has 0 spiro atoms. The van der Waals surface area contributed by atoms with E-state index in [0.29, 0.717) is 19.1 Å². The van der Waals surface area contributed by atoms with Crippen LogP contribution in [0.4, 0.5) is 0 Å². The number of carbonyl (C=O) groups is 1. The number of thioether (sulfide) groups is 1. The first kappa shape index (κ1) is 20.1. The zero-order valence-corrected chi connectivity index (χ0v) is 16.7. The van der Waals surface area contributed by atoms with Crippen LogP contribution < -0.4 is 4.74 Å². The highest BCUT2D eigenvalue weighted by Crippen LogP contribution is 2.38. The normalized spacial score (nSPS) is 18.6. The average molecular weight is 366 g/mol. The van der Waals surface area contributed by atoms with Gasteiger partial charge in [0.2, 0.25) is 0 Å². The molecule has 0 saturated carbocycles. The highest BCUT2D eigenvalue weighted by Gasteiger charge is 2.43. The minimum Gasteiger partial charge on any atom is -0.497 e. The molecule has 0 N–H and O–H groups in total. The number of benzene rings is 1. The van der Waals surface area contributed by atoms with Gasteiger partial charge in [-0.05, 0) is 70.2 Å². The molecule has 0 bridgehead atoms. The van der Waals surface area contributed by atoms with Crippen molar-refractivity contribution in [3.63, 3.8) is 0 Å². The van der Waals surface area contributed by atoms with E-state index in [1.54, 1.807) is 7.11 Å². The van der Waals surface area contributed by atoms with Crippen LogP contribution in [0.3, 0.4) is 0 Å². The smallest absolute Gasteiger partial charge is 0.312 e. The van der Waals surface area contributed by atoms with E-state index in [1.165, 1.54) is 0 Å². The van der Waals surface area contributed by atoms with Crippen molar-refractivity contribution >= 4 is 17.7 Å². The maximum absolute atomic E-state index is 12.8. The second-order valence-corrected chi connectivity index (χ2v) is 7.78. The Morgan fingerprint density at radius 3 is 2.68 bits per heavy atom. The summed E-state index contributed by atoms with van der Waals surface area (Å²) in [6, 6.07) is 8.58. The van der Waals surface area contributed by atoms with Crippen LogP contribution in [0, 0.1) is 5.41 Å². The molecule has 1 aliphatic rings. The third kappa shape index (κ3) is 5.14. The van der Waals surface area contributed by atoms with Gasteiger partial charge in [0.15, 0.2) is 0 Å². The molecule has 0 radical (unpaired) electrons. The molecule has 1 fully saturated rings. The number of likely N-dealkylation sites (tertiary alicyclic amines) is 1. The van der Waals surface area contributed by atoms with Crippen molar-refractivity contribution in [2.45, 2.75) is 39.2 Å². The number of hydrogen-bond acceptors (Lipinski definition) is 5. The van der Waals surface area contributed by atoms with Gasteiger partial charge in [-0.25, -0.2) is 0 Å². The summed E-state index contributed by atoms with van der Waals surface area (Å²) < 4.78 is 10.8. The summed E-state index contributed by atoms with van der Waals surface area (Å²) in [5.41, 5.74) is 0.718. The zero-order chi connectivity index (χ0) is 18.3. The molecule has 1 aromatic carbocycles. The molecule has 25 heavy (non-hydrogen) atoms. The number of esters is 1. The fraction of sp³-hybridized carbons (Fsp3) is 0.650. The Morgan fingerprint density at radius 1 is 1.36 bits per heavy atom. The number of piperidine rings is 1. The van der Waals surface area contributed by atoms with E-state index in [-0.39, 0.29) is 5.97 Å². The van der Waals surface area contributed by atoms with Gasteiger partial charge in [0.1, 0.15) is 5.75 Å². The number of rotatable bonds is 8. The van der Waals surface area contributed by atoms with Gasteiger partial charge < -0.3 is 9.47 Å². The van der Waals surface area contributed by atoms with Gasteiger partial charge in [0, 0.05) is 11.8 Å². The third-order valence-corrected chi connectivity index (χ3v) is 5.99. The average Bonchev–Trinajstić information content (AvgIpc) is 2.63. The molecule has 0 aromatic heterocycles. The van der Waals surface area contributed by atoms with E-state index < -0.39 is 5.41 Å². The quantitative estimate of drug-likeness (QED) is 0.658. The fourth-order valence-corrected chi connectivity index (χ4v) is 4.34. The Bertz CT molecular complexity index is 556. The minimum absolute atomic E-state index is 0.0463. The Hall–Kier alpha value is -1.20. The molecule has 0 amide bonds. The minimum atomic E-state index is -0.419. The summed E-state index contributed by atoms with van der Waals surface area (Å²) in [7, 11) is 1.67. The van der Waals surface area contributed by atoms with E-state index in [9.17, 15) is 4.79 Å². The van der Waals surface area contributed by atoms with E-state index in [4.69, 9.17) is 9.47 Å². The number of nitrogens with zero attached hydrogens (tertiary/aromatic N) is 1. The van der Waals surface area contributed by atoms with Crippen LogP contribution in [0.2, 0.25) is 0 Å². The predicted molar refractivity (Wildman–Crippen MR) is 104 cm³/mol. The van der Waals surface area contributed by atoms with Crippen molar-refractivity contribution in [2.24, 2.45) is 5.41 Å². The van der Waals surface area contributed by atoms with Crippen LogP contribution in [-0.2, 0) is 16.0 Å². The molecule has 5 heteroatoms. The highest BCUT2D eigenvalue weighted by molar-refractivity contribution is 7.98. The standard InChI is InChI=1S/C20H31NO3S/c1-5-24-19(22)20(14-17-7-6-8-18(13-17)23-3)9-11-21(12-10-20)16(2)15-25-4/h6-8,13,16H,5,9-12,14-15H2,1-4H3/t16-/m1/s1. The summed E-state index contributed by atoms with van der Waals surface area (Å²) in [6.07, 6.45) is 4.56. The molecular formula is C20H31NO3S. The predicted octanol–water partition coefficient (Wildman–Crippen LogP) is 3.63. The van der Waals surface area contributed by atoms with Crippen LogP contribution in [-0.4, -0.2) is 55.7 Å². The van der Waals surface area contributed by atoms with E-state index in [0.717, 1.165) is 43.0 Å². The lowest BCUT2D eigenvalue weighted by molar-refractivity contribution is -0.159. The number of methoxy groups -OCH3 is 1. The Morgan fingerprint density at radius 2 is 2.08 bits per heavy atom. The van der Waals surface area contributed by atoms with E-state index in [1.807, 2.05) is 36.9 Å². The molecule has 1 heterocycles. The van der Waals surface area contributed by atoms with Crippen LogP contribution in [0.1, 0.15) is 32.3 Å². The van der Waals surface area contributed by atoms with Crippen LogP contribution in [0.15, 0.2) is 24.3 Å². The van der Waals surface area contributed by atoms with Gasteiger partial charge in [0.25, 0.3) is 0 Å². The van der Waals surface area contributed by atoms with Gasteiger partial charge in [0.05, 0.1) is 19.1 Å². The summed E-state index contributed by atoms with van der Waals surface area (Å²) in [5.74, 6) is 1.92. The summed E-state index contributed by atoms with van der Waals surface area (Å²) in [4.78, 5) is 15.3. The van der Waals surface area contributed by atoms with Gasteiger partial charge in [-0.1, -0.05) is 12.1 Å². The first-order chi connectivity index (χ1) is 12.0. The van der Waals surface area contributed by atoms with Gasteiger partial charge in [-0.2, -0.15) is 11.8 Å². The van der Waals surface area contributed by atoms with Crippen molar-refractivity contribution in [1.29, 1.82) is 0 Å². The molecule has 1 atom stereocenters. The molecule has 140 valence electrons. The van der Waals surface area contributed by atoms with Crippen LogP contribution in [0.25, 0.3) is 0 Å². The van der Waals surface area contributed by atoms with Crippen molar-refractivity contribution < 1.29 is 14.3 Å². The number of ether oxygens (including phenoxy) is 2. The molecule has 0 aliphatic carbocycles. The second-order valence-electron chi connectivity index (χ2n) is 6.87. The Labute approximate surface area is 156 Å². The maximum Gasteiger partial charge on any atom is 0.312 e. The van der Waals surface area contributed by atoms with E-state index in [2.05, 4.69) is 24.1 Å². The van der Waals surface area contributed by atoms with Gasteiger partial charge in [-0.3, -0.25) is 9.69 Å². The van der Waals surface area contributed by atoms with Crippen LogP contribution >= 0.6 is 11.8 Å². The SMILES string of the molecule is CCOC(=O)C1(Cc2cccc(OC)c2)CCN([C@H](C)CSC)CC1. The Kier molecular flexibility index (Phi) is 7.63. The van der Waals surface area contributed by atoms with Crippen LogP contribution in [0.5, 0.6) is 5.75 Å². The first-order valence-electron chi connectivity index (χ1n) is 9.08. The lowest BCUT2D eigenvalue weighted by Gasteiger charge is -2.42. The Balaban J connectivity index is 2.14. The molecular weight excluding hydrogens is 334 g/mol. The molecule has 0 unspecified atom stereocenters. The summed E-state index contributed by atoms with van der Waals surface area (Å²) in [5, 5.41) is 0. The first-order valence-corrected chi connectivity index (χ1v) is 10.5. The largest absolute Gasteiger partial charge is 0.497 e. The number of hydrogen-bond donors (Lipinski definition) is 0. The lowest BCUT2D eigenvalue weighted by Crippen LogP contribution is -2.49. The maximum atomic E-state index is 12.8. The number of carbonyl (C=O) groups excluding carboxylic acids is 1. The van der Waals surface area contributed by atoms with Crippen molar-refractivity contribution in [3.05, 3.63) is 29.8 Å². The van der Waals surface area contributed by atoms with Gasteiger partial charge in [-0.15, -0.1) is 0 Å². The zero-order valence-electron chi connectivity index (χ0n) is 15.9. The van der Waals surface area contributed by atoms with Crippen molar-refractivity contribution in [3.8, 4) is 5.75 Å². The molecule has 4 nitrogen and oxygen atoms in total. The van der Waals surface area contributed by atoms with Crippen molar-refractivity contribution in [1.82, 2.24) is 4.90 Å². The molecule has 1 saturated heterocycles. The van der Waals surface area contributed by atoms with Gasteiger partial charge >= 0.3 is 5.97 Å². The second kappa shape index (κ2) is 9.48. The highest BCUT2D eigenvalue weighted by atomic mass is 32.2.